The minimum atomic E-state index is -1.20. The van der Waals surface area contributed by atoms with E-state index in [9.17, 15) is 19.8 Å². The Morgan fingerprint density at radius 3 is 2.50 bits per heavy atom. The van der Waals surface area contributed by atoms with E-state index < -0.39 is 11.9 Å². The number of rotatable bonds is 6. The van der Waals surface area contributed by atoms with E-state index in [-0.39, 0.29) is 33.4 Å². The number of amides is 1. The highest BCUT2D eigenvalue weighted by atomic mass is 35.5. The summed E-state index contributed by atoms with van der Waals surface area (Å²) in [5, 5.41) is 22.4. The van der Waals surface area contributed by atoms with Gasteiger partial charge in [0.25, 0.3) is 5.91 Å². The predicted molar refractivity (Wildman–Crippen MR) is 94.7 cm³/mol. The lowest BCUT2D eigenvalue weighted by Crippen LogP contribution is -2.17. The first-order valence-corrected chi connectivity index (χ1v) is 7.56. The number of halogens is 1. The van der Waals surface area contributed by atoms with Crippen molar-refractivity contribution in [3.05, 3.63) is 52.0 Å². The number of aromatic hydroxyl groups is 1. The molecule has 26 heavy (non-hydrogen) atoms. The fraction of sp³-hybridized carbons (Fsp3) is 0.118. The van der Waals surface area contributed by atoms with Crippen LogP contribution in [0.5, 0.6) is 17.2 Å². The summed E-state index contributed by atoms with van der Waals surface area (Å²) in [6.45, 7) is 0. The average Bonchev–Trinajstić information content (AvgIpc) is 2.62. The Hall–Kier alpha value is -3.26. The number of phenolic OH excluding ortho intramolecular Hbond substituents is 1. The van der Waals surface area contributed by atoms with E-state index in [2.05, 4.69) is 10.5 Å². The van der Waals surface area contributed by atoms with E-state index >= 15 is 0 Å². The second kappa shape index (κ2) is 8.21. The van der Waals surface area contributed by atoms with Gasteiger partial charge in [-0.2, -0.15) is 5.10 Å². The van der Waals surface area contributed by atoms with Crippen LogP contribution in [0.1, 0.15) is 26.3 Å². The number of hydrogen-bond donors (Lipinski definition) is 3. The van der Waals surface area contributed by atoms with Crippen LogP contribution < -0.4 is 14.9 Å². The van der Waals surface area contributed by atoms with E-state index in [1.165, 1.54) is 50.8 Å². The third-order valence-electron chi connectivity index (χ3n) is 3.32. The van der Waals surface area contributed by atoms with Gasteiger partial charge in [0.05, 0.1) is 25.5 Å². The van der Waals surface area contributed by atoms with Gasteiger partial charge in [-0.25, -0.2) is 10.2 Å². The molecule has 0 aromatic heterocycles. The van der Waals surface area contributed by atoms with Crippen LogP contribution in [0.3, 0.4) is 0 Å². The van der Waals surface area contributed by atoms with Crippen molar-refractivity contribution >= 4 is 29.7 Å². The Bertz CT molecular complexity index is 882. The first-order chi connectivity index (χ1) is 12.4. The van der Waals surface area contributed by atoms with Gasteiger partial charge in [0.15, 0.2) is 11.5 Å². The zero-order chi connectivity index (χ0) is 19.3. The summed E-state index contributed by atoms with van der Waals surface area (Å²) in [7, 11) is 2.71. The second-order valence-corrected chi connectivity index (χ2v) is 5.38. The maximum atomic E-state index is 12.0. The first kappa shape index (κ1) is 19.1. The molecular formula is C17H15ClN2O6. The first-order valence-electron chi connectivity index (χ1n) is 7.18. The largest absolute Gasteiger partial charge is 0.506 e. The zero-order valence-electron chi connectivity index (χ0n) is 13.8. The summed E-state index contributed by atoms with van der Waals surface area (Å²) < 4.78 is 10.2. The molecule has 0 atom stereocenters. The Kier molecular flexibility index (Phi) is 6.03. The molecule has 0 saturated carbocycles. The molecule has 0 spiro atoms. The van der Waals surface area contributed by atoms with Crippen molar-refractivity contribution in [2.45, 2.75) is 0 Å². The third kappa shape index (κ3) is 4.22. The minimum absolute atomic E-state index is 0.0348. The Labute approximate surface area is 153 Å². The van der Waals surface area contributed by atoms with Gasteiger partial charge >= 0.3 is 5.97 Å². The van der Waals surface area contributed by atoms with Gasteiger partial charge < -0.3 is 19.7 Å². The van der Waals surface area contributed by atoms with Crippen molar-refractivity contribution in [2.24, 2.45) is 5.10 Å². The monoisotopic (exact) mass is 378 g/mol. The third-order valence-corrected chi connectivity index (χ3v) is 3.62. The van der Waals surface area contributed by atoms with Gasteiger partial charge in [-0.15, -0.1) is 0 Å². The molecule has 0 saturated heterocycles. The molecule has 2 aromatic carbocycles. The molecule has 8 nitrogen and oxygen atoms in total. The van der Waals surface area contributed by atoms with Crippen molar-refractivity contribution in [3.8, 4) is 17.2 Å². The maximum absolute atomic E-state index is 12.0. The van der Waals surface area contributed by atoms with Gasteiger partial charge in [-0.05, 0) is 35.9 Å². The molecule has 0 bridgehead atoms. The highest BCUT2D eigenvalue weighted by Gasteiger charge is 2.17. The van der Waals surface area contributed by atoms with Gasteiger partial charge in [-0.3, -0.25) is 4.79 Å². The number of nitrogens with zero attached hydrogens (tertiary/aromatic N) is 1. The van der Waals surface area contributed by atoms with Gasteiger partial charge in [0.2, 0.25) is 0 Å². The Morgan fingerprint density at radius 2 is 1.92 bits per heavy atom. The van der Waals surface area contributed by atoms with Crippen LogP contribution in [-0.4, -0.2) is 42.5 Å². The number of carbonyl (C=O) groups excluding carboxylic acids is 1. The Balaban J connectivity index is 2.21. The minimum Gasteiger partial charge on any atom is -0.506 e. The highest BCUT2D eigenvalue weighted by molar-refractivity contribution is 6.32. The van der Waals surface area contributed by atoms with Gasteiger partial charge in [-0.1, -0.05) is 11.6 Å². The number of ether oxygens (including phenoxy) is 2. The number of methoxy groups -OCH3 is 2. The smallest absolute Gasteiger partial charge is 0.339 e. The standard InChI is InChI=1S/C17H15ClN2O6/c1-25-14-6-9(5-11(17(23)24)15(14)26-2)8-19-20-16(22)10-3-4-13(21)12(18)7-10/h3-8,21H,1-2H3,(H,20,22)(H,23,24)/b19-8+. The van der Waals surface area contributed by atoms with Crippen LogP contribution in [0.2, 0.25) is 5.02 Å². The topological polar surface area (TPSA) is 117 Å². The molecule has 0 aliphatic rings. The zero-order valence-corrected chi connectivity index (χ0v) is 14.6. The lowest BCUT2D eigenvalue weighted by atomic mass is 10.1. The number of carboxylic acids is 1. The molecule has 9 heteroatoms. The molecule has 0 aliphatic carbocycles. The van der Waals surface area contributed by atoms with E-state index in [1.54, 1.807) is 0 Å². The second-order valence-electron chi connectivity index (χ2n) is 4.97. The maximum Gasteiger partial charge on any atom is 0.339 e. The number of carbonyl (C=O) groups is 2. The fourth-order valence-electron chi connectivity index (χ4n) is 2.10. The molecule has 2 rings (SSSR count). The quantitative estimate of drug-likeness (QED) is 0.525. The number of carboxylic acid groups (broad SMARTS) is 1. The molecule has 0 radical (unpaired) electrons. The molecule has 136 valence electrons. The number of hydrazone groups is 1. The van der Waals surface area contributed by atoms with Crippen molar-refractivity contribution in [1.29, 1.82) is 0 Å². The fourth-order valence-corrected chi connectivity index (χ4v) is 2.28. The summed E-state index contributed by atoms with van der Waals surface area (Å²) in [6, 6.07) is 6.80. The van der Waals surface area contributed by atoms with Crippen LogP contribution >= 0.6 is 11.6 Å². The van der Waals surface area contributed by atoms with Crippen molar-refractivity contribution in [1.82, 2.24) is 5.43 Å². The number of hydrogen-bond acceptors (Lipinski definition) is 6. The summed E-state index contributed by atoms with van der Waals surface area (Å²) in [6.07, 6.45) is 1.26. The van der Waals surface area contributed by atoms with E-state index in [0.717, 1.165) is 0 Å². The van der Waals surface area contributed by atoms with Crippen molar-refractivity contribution in [3.63, 3.8) is 0 Å². The summed E-state index contributed by atoms with van der Waals surface area (Å²) >= 11 is 5.75. The van der Waals surface area contributed by atoms with Crippen LogP contribution in [0.25, 0.3) is 0 Å². The predicted octanol–water partition coefficient (Wildman–Crippen LogP) is 2.52. The molecule has 1 amide bonds. The number of phenols is 1. The van der Waals surface area contributed by atoms with E-state index in [0.29, 0.717) is 5.56 Å². The lowest BCUT2D eigenvalue weighted by Gasteiger charge is -2.11. The molecule has 0 aliphatic heterocycles. The van der Waals surface area contributed by atoms with Gasteiger partial charge in [0.1, 0.15) is 11.3 Å². The average molecular weight is 379 g/mol. The van der Waals surface area contributed by atoms with Gasteiger partial charge in [0, 0.05) is 5.56 Å². The normalized spacial score (nSPS) is 10.6. The van der Waals surface area contributed by atoms with E-state index in [1.807, 2.05) is 0 Å². The summed E-state index contributed by atoms with van der Waals surface area (Å²) in [5.41, 5.74) is 2.75. The van der Waals surface area contributed by atoms with Crippen molar-refractivity contribution in [2.75, 3.05) is 14.2 Å². The molecule has 0 heterocycles. The molecule has 3 N–H and O–H groups in total. The molecular weight excluding hydrogens is 364 g/mol. The molecule has 0 fully saturated rings. The number of nitrogens with one attached hydrogen (secondary N) is 1. The summed E-state index contributed by atoms with van der Waals surface area (Å²) in [5.74, 6) is -1.59. The molecule has 0 unspecified atom stereocenters. The van der Waals surface area contributed by atoms with Crippen molar-refractivity contribution < 1.29 is 29.3 Å². The number of aromatic carboxylic acids is 1. The lowest BCUT2D eigenvalue weighted by molar-refractivity contribution is 0.0692. The van der Waals surface area contributed by atoms with Crippen LogP contribution in [0.4, 0.5) is 0 Å². The van der Waals surface area contributed by atoms with E-state index in [4.69, 9.17) is 21.1 Å². The van der Waals surface area contributed by atoms with Crippen LogP contribution in [0.15, 0.2) is 35.4 Å². The highest BCUT2D eigenvalue weighted by Crippen LogP contribution is 2.32. The Morgan fingerprint density at radius 1 is 1.19 bits per heavy atom. The summed E-state index contributed by atoms with van der Waals surface area (Å²) in [4.78, 5) is 23.3. The molecule has 2 aromatic rings. The van der Waals surface area contributed by atoms with Crippen LogP contribution in [0, 0.1) is 0 Å². The number of benzene rings is 2. The van der Waals surface area contributed by atoms with Crippen LogP contribution in [-0.2, 0) is 0 Å². The SMILES string of the molecule is COc1cc(/C=N/NC(=O)c2ccc(O)c(Cl)c2)cc(C(=O)O)c1OC.